The van der Waals surface area contributed by atoms with Crippen molar-refractivity contribution in [2.75, 3.05) is 6.61 Å². The average Bonchev–Trinajstić information content (AvgIpc) is 2.46. The van der Waals surface area contributed by atoms with Gasteiger partial charge in [0.2, 0.25) is 0 Å². The molecule has 1 atom stereocenters. The largest absolute Gasteiger partial charge is 0.396 e. The third-order valence-electron chi connectivity index (χ3n) is 2.28. The summed E-state index contributed by atoms with van der Waals surface area (Å²) in [5.74, 6) is 1.69. The molecule has 13 heavy (non-hydrogen) atoms. The molecule has 0 saturated heterocycles. The van der Waals surface area contributed by atoms with E-state index >= 15 is 0 Å². The monoisotopic (exact) mass is 182 g/mol. The zero-order valence-corrected chi connectivity index (χ0v) is 7.48. The van der Waals surface area contributed by atoms with Gasteiger partial charge >= 0.3 is 0 Å². The number of aryl methyl sites for hydroxylation is 1. The Bertz CT molecular complexity index is 296. The molecule has 1 unspecified atom stereocenters. The molecule has 1 aromatic rings. The summed E-state index contributed by atoms with van der Waals surface area (Å²) < 4.78 is 1.90. The third kappa shape index (κ3) is 1.71. The van der Waals surface area contributed by atoms with Crippen LogP contribution in [0, 0.1) is 0 Å². The molecule has 3 N–H and O–H groups in total. The van der Waals surface area contributed by atoms with E-state index in [0.717, 1.165) is 31.0 Å². The highest BCUT2D eigenvalue weighted by atomic mass is 16.3. The van der Waals surface area contributed by atoms with Gasteiger partial charge in [0.25, 0.3) is 0 Å². The molecule has 5 heteroatoms. The summed E-state index contributed by atoms with van der Waals surface area (Å²) in [7, 11) is 0. The van der Waals surface area contributed by atoms with Crippen molar-refractivity contribution in [3.63, 3.8) is 0 Å². The molecular weight excluding hydrogens is 168 g/mol. The second-order valence-corrected chi connectivity index (χ2v) is 3.39. The van der Waals surface area contributed by atoms with Crippen LogP contribution in [0.1, 0.15) is 18.1 Å². The first-order valence-corrected chi connectivity index (χ1v) is 4.58. The van der Waals surface area contributed by atoms with Crippen LogP contribution in [0.5, 0.6) is 0 Å². The minimum Gasteiger partial charge on any atom is -0.396 e. The Labute approximate surface area is 76.6 Å². The van der Waals surface area contributed by atoms with Crippen LogP contribution in [0.2, 0.25) is 0 Å². The lowest BCUT2D eigenvalue weighted by atomic mass is 10.1. The number of fused-ring (bicyclic) bond motifs is 1. The number of nitrogens with zero attached hydrogens (tertiary/aromatic N) is 3. The fraction of sp³-hybridized carbons (Fsp3) is 0.750. The molecule has 0 bridgehead atoms. The van der Waals surface area contributed by atoms with Gasteiger partial charge in [-0.2, -0.15) is 5.10 Å². The van der Waals surface area contributed by atoms with Crippen LogP contribution in [0.25, 0.3) is 0 Å². The predicted molar refractivity (Wildman–Crippen MR) is 47.1 cm³/mol. The molecule has 0 radical (unpaired) electrons. The number of nitrogens with two attached hydrogens (primary N) is 1. The van der Waals surface area contributed by atoms with Crippen molar-refractivity contribution < 1.29 is 5.11 Å². The topological polar surface area (TPSA) is 77.0 Å². The molecular formula is C8H14N4O. The zero-order valence-electron chi connectivity index (χ0n) is 7.48. The second kappa shape index (κ2) is 3.43. The van der Waals surface area contributed by atoms with Gasteiger partial charge in [0.05, 0.1) is 6.61 Å². The van der Waals surface area contributed by atoms with E-state index in [9.17, 15) is 0 Å². The molecule has 0 fully saturated rings. The smallest absolute Gasteiger partial charge is 0.153 e. The molecule has 1 aliphatic rings. The summed E-state index contributed by atoms with van der Waals surface area (Å²) >= 11 is 0. The van der Waals surface area contributed by atoms with Crippen LogP contribution in [-0.2, 0) is 19.4 Å². The van der Waals surface area contributed by atoms with Gasteiger partial charge in [-0.15, -0.1) is 0 Å². The summed E-state index contributed by atoms with van der Waals surface area (Å²) in [5.41, 5.74) is 5.80. The highest BCUT2D eigenvalue weighted by Gasteiger charge is 2.18. The molecule has 0 aliphatic carbocycles. The Kier molecular flexibility index (Phi) is 2.28. The van der Waals surface area contributed by atoms with Crippen molar-refractivity contribution in [1.29, 1.82) is 0 Å². The number of aliphatic hydroxyl groups excluding tert-OH is 1. The van der Waals surface area contributed by atoms with Crippen molar-refractivity contribution in [2.24, 2.45) is 5.73 Å². The maximum Gasteiger partial charge on any atom is 0.153 e. The highest BCUT2D eigenvalue weighted by molar-refractivity contribution is 4.98. The van der Waals surface area contributed by atoms with E-state index in [1.54, 1.807) is 0 Å². The van der Waals surface area contributed by atoms with Gasteiger partial charge in [-0.1, -0.05) is 0 Å². The zero-order chi connectivity index (χ0) is 9.26. The Hall–Kier alpha value is -0.940. The Morgan fingerprint density at radius 2 is 2.46 bits per heavy atom. The summed E-state index contributed by atoms with van der Waals surface area (Å²) in [4.78, 5) is 4.30. The number of aromatic nitrogens is 3. The van der Waals surface area contributed by atoms with E-state index in [1.807, 2.05) is 4.68 Å². The van der Waals surface area contributed by atoms with Crippen LogP contribution in [0.15, 0.2) is 0 Å². The van der Waals surface area contributed by atoms with Crippen LogP contribution >= 0.6 is 0 Å². The second-order valence-electron chi connectivity index (χ2n) is 3.39. The lowest BCUT2D eigenvalue weighted by Gasteiger charge is -2.17. The molecule has 5 nitrogen and oxygen atoms in total. The fourth-order valence-corrected chi connectivity index (χ4v) is 1.59. The summed E-state index contributed by atoms with van der Waals surface area (Å²) in [5, 5.41) is 13.0. The standard InChI is InChI=1S/C8H14N4O/c9-6-1-3-12-8(5-6)10-7(11-12)2-4-13/h6,13H,1-5,9H2. The van der Waals surface area contributed by atoms with Gasteiger partial charge in [0.15, 0.2) is 5.82 Å². The van der Waals surface area contributed by atoms with Crippen molar-refractivity contribution in [1.82, 2.24) is 14.8 Å². The number of hydrogen-bond donors (Lipinski definition) is 2. The molecule has 0 spiro atoms. The fourth-order valence-electron chi connectivity index (χ4n) is 1.59. The van der Waals surface area contributed by atoms with Crippen molar-refractivity contribution in [3.05, 3.63) is 11.6 Å². The molecule has 0 saturated carbocycles. The van der Waals surface area contributed by atoms with Crippen LogP contribution in [0.4, 0.5) is 0 Å². The normalized spacial score (nSPS) is 21.5. The lowest BCUT2D eigenvalue weighted by molar-refractivity contribution is 0.296. The summed E-state index contributed by atoms with van der Waals surface area (Å²) in [6.45, 7) is 0.963. The van der Waals surface area contributed by atoms with Crippen LogP contribution in [-0.4, -0.2) is 32.5 Å². The van der Waals surface area contributed by atoms with E-state index in [0.29, 0.717) is 6.42 Å². The van der Waals surface area contributed by atoms with E-state index < -0.39 is 0 Å². The first-order valence-electron chi connectivity index (χ1n) is 4.58. The maximum atomic E-state index is 8.72. The first-order chi connectivity index (χ1) is 6.29. The molecule has 2 heterocycles. The van der Waals surface area contributed by atoms with Crippen LogP contribution < -0.4 is 5.73 Å². The highest BCUT2D eigenvalue weighted by Crippen LogP contribution is 2.11. The van der Waals surface area contributed by atoms with Gasteiger partial charge in [-0.3, -0.25) is 0 Å². The minimum absolute atomic E-state index is 0.107. The van der Waals surface area contributed by atoms with Gasteiger partial charge in [0, 0.05) is 25.4 Å². The lowest BCUT2D eigenvalue weighted by Crippen LogP contribution is -2.31. The molecule has 1 aromatic heterocycles. The van der Waals surface area contributed by atoms with Gasteiger partial charge in [-0.05, 0) is 6.42 Å². The number of rotatable bonds is 2. The molecule has 0 aromatic carbocycles. The minimum atomic E-state index is 0.107. The maximum absolute atomic E-state index is 8.72. The van der Waals surface area contributed by atoms with Crippen molar-refractivity contribution in [2.45, 2.75) is 31.8 Å². The molecule has 72 valence electrons. The Balaban J connectivity index is 2.18. The van der Waals surface area contributed by atoms with E-state index in [-0.39, 0.29) is 12.6 Å². The Morgan fingerprint density at radius 3 is 3.23 bits per heavy atom. The third-order valence-corrected chi connectivity index (χ3v) is 2.28. The summed E-state index contributed by atoms with van der Waals surface area (Å²) in [6, 6.07) is 0.221. The molecule has 1 aliphatic heterocycles. The van der Waals surface area contributed by atoms with Crippen molar-refractivity contribution >= 4 is 0 Å². The van der Waals surface area contributed by atoms with E-state index in [2.05, 4.69) is 10.1 Å². The number of hydrogen-bond acceptors (Lipinski definition) is 4. The van der Waals surface area contributed by atoms with Crippen molar-refractivity contribution in [3.8, 4) is 0 Å². The SMILES string of the molecule is NC1CCn2nc(CCO)nc2C1. The van der Waals surface area contributed by atoms with E-state index in [4.69, 9.17) is 10.8 Å². The quantitative estimate of drug-likeness (QED) is 0.620. The summed E-state index contributed by atoms with van der Waals surface area (Å²) in [6.07, 6.45) is 2.31. The van der Waals surface area contributed by atoms with Crippen LogP contribution in [0.3, 0.4) is 0 Å². The van der Waals surface area contributed by atoms with Gasteiger partial charge in [0.1, 0.15) is 5.82 Å². The number of aliphatic hydroxyl groups is 1. The van der Waals surface area contributed by atoms with Gasteiger partial charge < -0.3 is 10.8 Å². The Morgan fingerprint density at radius 1 is 1.62 bits per heavy atom. The molecule has 2 rings (SSSR count). The average molecular weight is 182 g/mol. The van der Waals surface area contributed by atoms with E-state index in [1.165, 1.54) is 0 Å². The van der Waals surface area contributed by atoms with Gasteiger partial charge in [-0.25, -0.2) is 9.67 Å². The first kappa shape index (κ1) is 8.65. The predicted octanol–water partition coefficient (Wildman–Crippen LogP) is -0.914. The molecule has 0 amide bonds.